The number of hydrogen-bond donors (Lipinski definition) is 3. The summed E-state index contributed by atoms with van der Waals surface area (Å²) in [4.78, 5) is 12.0. The summed E-state index contributed by atoms with van der Waals surface area (Å²) in [5.74, 6) is 0.960. The molecule has 1 heterocycles. The van der Waals surface area contributed by atoms with Gasteiger partial charge in [-0.25, -0.2) is 0 Å². The van der Waals surface area contributed by atoms with Crippen LogP contribution < -0.4 is 15.8 Å². The van der Waals surface area contributed by atoms with Crippen LogP contribution in [0.3, 0.4) is 0 Å². The van der Waals surface area contributed by atoms with Gasteiger partial charge in [0.1, 0.15) is 11.5 Å². The lowest BCUT2D eigenvalue weighted by Gasteiger charge is -2.10. The average Bonchev–Trinajstić information content (AvgIpc) is 2.98. The summed E-state index contributed by atoms with van der Waals surface area (Å²) in [5.41, 5.74) is 6.59. The Morgan fingerprint density at radius 2 is 2.19 bits per heavy atom. The standard InChI is InChI=1S/C15H18N2O4/c1-2-20-13-5-3-11(7-10(13)9-18)17-15(19)14-6-4-12(8-16)21-14/h3-7,18H,2,8-9,16H2,1H3,(H,17,19). The first-order valence-electron chi connectivity index (χ1n) is 6.64. The molecule has 0 saturated carbocycles. The smallest absolute Gasteiger partial charge is 0.291 e. The van der Waals surface area contributed by atoms with Crippen LogP contribution in [0.4, 0.5) is 5.69 Å². The zero-order valence-electron chi connectivity index (χ0n) is 11.8. The lowest BCUT2D eigenvalue weighted by Crippen LogP contribution is -2.11. The van der Waals surface area contributed by atoms with E-state index in [2.05, 4.69) is 5.32 Å². The third-order valence-electron chi connectivity index (χ3n) is 2.88. The second-order valence-corrected chi connectivity index (χ2v) is 4.34. The van der Waals surface area contributed by atoms with Gasteiger partial charge in [0, 0.05) is 11.3 Å². The Hall–Kier alpha value is -2.31. The van der Waals surface area contributed by atoms with Gasteiger partial charge in [0.2, 0.25) is 0 Å². The minimum Gasteiger partial charge on any atom is -0.494 e. The molecule has 112 valence electrons. The van der Waals surface area contributed by atoms with Crippen molar-refractivity contribution in [3.05, 3.63) is 47.4 Å². The molecule has 0 aliphatic heterocycles. The Bertz CT molecular complexity index is 622. The molecule has 0 saturated heterocycles. The molecule has 0 aliphatic rings. The summed E-state index contributed by atoms with van der Waals surface area (Å²) in [7, 11) is 0. The number of carbonyl (C=O) groups excluding carboxylic acids is 1. The van der Waals surface area contributed by atoms with Crippen molar-refractivity contribution in [2.45, 2.75) is 20.1 Å². The number of carbonyl (C=O) groups is 1. The minimum atomic E-state index is -0.372. The van der Waals surface area contributed by atoms with E-state index in [1.807, 2.05) is 6.92 Å². The maximum Gasteiger partial charge on any atom is 0.291 e. The highest BCUT2D eigenvalue weighted by Gasteiger charge is 2.12. The van der Waals surface area contributed by atoms with Crippen molar-refractivity contribution in [2.75, 3.05) is 11.9 Å². The van der Waals surface area contributed by atoms with Gasteiger partial charge in [-0.1, -0.05) is 0 Å². The molecular weight excluding hydrogens is 272 g/mol. The zero-order valence-corrected chi connectivity index (χ0v) is 11.8. The number of aliphatic hydroxyl groups excluding tert-OH is 1. The number of rotatable bonds is 6. The van der Waals surface area contributed by atoms with Crippen LogP contribution in [-0.4, -0.2) is 17.6 Å². The molecule has 1 aromatic heterocycles. The molecule has 0 bridgehead atoms. The summed E-state index contributed by atoms with van der Waals surface area (Å²) in [5, 5.41) is 12.0. The molecule has 2 rings (SSSR count). The molecule has 0 fully saturated rings. The summed E-state index contributed by atoms with van der Waals surface area (Å²) in [6.45, 7) is 2.44. The molecule has 6 heteroatoms. The molecule has 0 radical (unpaired) electrons. The second kappa shape index (κ2) is 6.92. The van der Waals surface area contributed by atoms with Gasteiger partial charge in [-0.3, -0.25) is 4.79 Å². The zero-order chi connectivity index (χ0) is 15.2. The first kappa shape index (κ1) is 15.1. The topological polar surface area (TPSA) is 97.7 Å². The number of nitrogens with one attached hydrogen (secondary N) is 1. The van der Waals surface area contributed by atoms with Crippen molar-refractivity contribution in [1.82, 2.24) is 0 Å². The monoisotopic (exact) mass is 290 g/mol. The lowest BCUT2D eigenvalue weighted by atomic mass is 10.2. The fourth-order valence-corrected chi connectivity index (χ4v) is 1.88. The average molecular weight is 290 g/mol. The SMILES string of the molecule is CCOc1ccc(NC(=O)c2ccc(CN)o2)cc1CO. The maximum absolute atomic E-state index is 12.0. The molecule has 1 amide bonds. The van der Waals surface area contributed by atoms with Crippen LogP contribution in [0, 0.1) is 0 Å². The molecule has 4 N–H and O–H groups in total. The number of furan rings is 1. The molecule has 0 spiro atoms. The molecular formula is C15H18N2O4. The Balaban J connectivity index is 2.13. The van der Waals surface area contributed by atoms with Gasteiger partial charge in [0.25, 0.3) is 5.91 Å². The number of benzene rings is 1. The van der Waals surface area contributed by atoms with Crippen molar-refractivity contribution in [3.8, 4) is 5.75 Å². The predicted molar refractivity (Wildman–Crippen MR) is 78.1 cm³/mol. The lowest BCUT2D eigenvalue weighted by molar-refractivity contribution is 0.0995. The quantitative estimate of drug-likeness (QED) is 0.754. The van der Waals surface area contributed by atoms with Crippen molar-refractivity contribution in [3.63, 3.8) is 0 Å². The Kier molecular flexibility index (Phi) is 4.97. The van der Waals surface area contributed by atoms with Crippen LogP contribution >= 0.6 is 0 Å². The minimum absolute atomic E-state index is 0.170. The fourth-order valence-electron chi connectivity index (χ4n) is 1.88. The third kappa shape index (κ3) is 3.62. The van der Waals surface area contributed by atoms with Crippen molar-refractivity contribution < 1.29 is 19.1 Å². The van der Waals surface area contributed by atoms with Crippen molar-refractivity contribution in [1.29, 1.82) is 0 Å². The van der Waals surface area contributed by atoms with Crippen LogP contribution in [0.1, 0.15) is 28.8 Å². The van der Waals surface area contributed by atoms with Gasteiger partial charge < -0.3 is 25.3 Å². The summed E-state index contributed by atoms with van der Waals surface area (Å²) < 4.78 is 10.7. The molecule has 0 unspecified atom stereocenters. The van der Waals surface area contributed by atoms with Crippen LogP contribution in [0.2, 0.25) is 0 Å². The van der Waals surface area contributed by atoms with E-state index in [0.29, 0.717) is 29.4 Å². The fraction of sp³-hybridized carbons (Fsp3) is 0.267. The normalized spacial score (nSPS) is 10.4. The van der Waals surface area contributed by atoms with Gasteiger partial charge in [0.15, 0.2) is 5.76 Å². The van der Waals surface area contributed by atoms with Crippen molar-refractivity contribution in [2.24, 2.45) is 5.73 Å². The highest BCUT2D eigenvalue weighted by Crippen LogP contribution is 2.23. The van der Waals surface area contributed by atoms with E-state index in [1.54, 1.807) is 30.3 Å². The van der Waals surface area contributed by atoms with Crippen LogP contribution in [0.5, 0.6) is 5.75 Å². The summed E-state index contributed by atoms with van der Waals surface area (Å²) in [6.07, 6.45) is 0. The van der Waals surface area contributed by atoms with E-state index in [4.69, 9.17) is 14.9 Å². The van der Waals surface area contributed by atoms with E-state index in [0.717, 1.165) is 0 Å². The number of hydrogen-bond acceptors (Lipinski definition) is 5. The Morgan fingerprint density at radius 3 is 2.81 bits per heavy atom. The molecule has 21 heavy (non-hydrogen) atoms. The second-order valence-electron chi connectivity index (χ2n) is 4.34. The number of anilines is 1. The van der Waals surface area contributed by atoms with Gasteiger partial charge in [-0.05, 0) is 37.3 Å². The summed E-state index contributed by atoms with van der Waals surface area (Å²) >= 11 is 0. The third-order valence-corrected chi connectivity index (χ3v) is 2.88. The van der Waals surface area contributed by atoms with Crippen LogP contribution in [0.25, 0.3) is 0 Å². The van der Waals surface area contributed by atoms with Gasteiger partial charge in [-0.15, -0.1) is 0 Å². The van der Waals surface area contributed by atoms with E-state index in [-0.39, 0.29) is 24.8 Å². The molecule has 0 atom stereocenters. The first-order valence-corrected chi connectivity index (χ1v) is 6.64. The molecule has 2 aromatic rings. The van der Waals surface area contributed by atoms with Gasteiger partial charge in [-0.2, -0.15) is 0 Å². The highest BCUT2D eigenvalue weighted by molar-refractivity contribution is 6.02. The molecule has 0 aliphatic carbocycles. The first-order chi connectivity index (χ1) is 10.2. The summed E-state index contributed by atoms with van der Waals surface area (Å²) in [6, 6.07) is 8.30. The number of amides is 1. The molecule has 6 nitrogen and oxygen atoms in total. The van der Waals surface area contributed by atoms with Gasteiger partial charge in [0.05, 0.1) is 19.8 Å². The van der Waals surface area contributed by atoms with E-state index >= 15 is 0 Å². The van der Waals surface area contributed by atoms with E-state index in [1.165, 1.54) is 0 Å². The number of nitrogens with two attached hydrogens (primary N) is 1. The number of ether oxygens (including phenoxy) is 1. The van der Waals surface area contributed by atoms with Crippen molar-refractivity contribution >= 4 is 11.6 Å². The van der Waals surface area contributed by atoms with E-state index in [9.17, 15) is 9.90 Å². The molecule has 1 aromatic carbocycles. The van der Waals surface area contributed by atoms with Crippen LogP contribution in [-0.2, 0) is 13.2 Å². The maximum atomic E-state index is 12.0. The van der Waals surface area contributed by atoms with Gasteiger partial charge >= 0.3 is 0 Å². The Labute approximate surface area is 122 Å². The highest BCUT2D eigenvalue weighted by atomic mass is 16.5. The Morgan fingerprint density at radius 1 is 1.38 bits per heavy atom. The van der Waals surface area contributed by atoms with Crippen LogP contribution in [0.15, 0.2) is 34.7 Å². The van der Waals surface area contributed by atoms with E-state index < -0.39 is 0 Å². The number of aliphatic hydroxyl groups is 1. The largest absolute Gasteiger partial charge is 0.494 e. The predicted octanol–water partition coefficient (Wildman–Crippen LogP) is 1.88.